The third-order valence-electron chi connectivity index (χ3n) is 3.94. The highest BCUT2D eigenvalue weighted by molar-refractivity contribution is 6.00. The van der Waals surface area contributed by atoms with Gasteiger partial charge >= 0.3 is 6.03 Å². The molecule has 0 bridgehead atoms. The lowest BCUT2D eigenvalue weighted by Crippen LogP contribution is -2.19. The van der Waals surface area contributed by atoms with Gasteiger partial charge in [0.25, 0.3) is 5.91 Å². The summed E-state index contributed by atoms with van der Waals surface area (Å²) in [7, 11) is 0. The van der Waals surface area contributed by atoms with Crippen LogP contribution in [0.4, 0.5) is 26.2 Å². The molecular formula is C21H19FN4O2. The van der Waals surface area contributed by atoms with Crippen molar-refractivity contribution in [3.05, 3.63) is 89.7 Å². The zero-order chi connectivity index (χ0) is 19.9. The van der Waals surface area contributed by atoms with E-state index in [2.05, 4.69) is 16.0 Å². The van der Waals surface area contributed by atoms with Crippen LogP contribution in [-0.2, 0) is 6.54 Å². The number of amides is 3. The van der Waals surface area contributed by atoms with E-state index in [-0.39, 0.29) is 0 Å². The number of primary amides is 1. The first kappa shape index (κ1) is 18.9. The van der Waals surface area contributed by atoms with Gasteiger partial charge in [0.2, 0.25) is 0 Å². The summed E-state index contributed by atoms with van der Waals surface area (Å²) in [5.41, 5.74) is 8.25. The van der Waals surface area contributed by atoms with E-state index in [0.29, 0.717) is 29.2 Å². The first-order valence-corrected chi connectivity index (χ1v) is 8.56. The molecule has 3 aromatic carbocycles. The topological polar surface area (TPSA) is 96.2 Å². The van der Waals surface area contributed by atoms with E-state index < -0.39 is 17.8 Å². The molecule has 0 aliphatic carbocycles. The lowest BCUT2D eigenvalue weighted by molar-refractivity contribution is 0.100. The van der Waals surface area contributed by atoms with Crippen LogP contribution in [0.5, 0.6) is 0 Å². The second-order valence-electron chi connectivity index (χ2n) is 6.05. The molecule has 0 saturated carbocycles. The van der Waals surface area contributed by atoms with Gasteiger partial charge in [-0.2, -0.15) is 0 Å². The fourth-order valence-corrected chi connectivity index (χ4v) is 2.67. The zero-order valence-electron chi connectivity index (χ0n) is 14.9. The first-order chi connectivity index (χ1) is 13.5. The molecule has 0 spiro atoms. The Morgan fingerprint density at radius 3 is 2.25 bits per heavy atom. The fourth-order valence-electron chi connectivity index (χ4n) is 2.67. The minimum absolute atomic E-state index is 0.360. The van der Waals surface area contributed by atoms with Gasteiger partial charge in [0.1, 0.15) is 5.82 Å². The molecule has 0 radical (unpaired) electrons. The lowest BCUT2D eigenvalue weighted by Gasteiger charge is -2.12. The molecule has 3 amide bonds. The maximum Gasteiger partial charge on any atom is 0.323 e. The molecule has 0 aliphatic heterocycles. The summed E-state index contributed by atoms with van der Waals surface area (Å²) in [6.07, 6.45) is 0. The van der Waals surface area contributed by atoms with Crippen molar-refractivity contribution in [2.24, 2.45) is 5.73 Å². The SMILES string of the molecule is NC(=O)c1ccccc1NCc1cccc(NC(=O)Nc2cccc(F)c2)c1. The number of nitrogens with two attached hydrogens (primary N) is 1. The third kappa shape index (κ3) is 5.07. The van der Waals surface area contributed by atoms with Crippen molar-refractivity contribution in [1.29, 1.82) is 0 Å². The quantitative estimate of drug-likeness (QED) is 0.518. The van der Waals surface area contributed by atoms with Gasteiger partial charge in [-0.25, -0.2) is 9.18 Å². The zero-order valence-corrected chi connectivity index (χ0v) is 14.9. The fraction of sp³-hybridized carbons (Fsp3) is 0.0476. The summed E-state index contributed by atoms with van der Waals surface area (Å²) in [4.78, 5) is 23.6. The van der Waals surface area contributed by atoms with Crippen LogP contribution < -0.4 is 21.7 Å². The molecule has 0 heterocycles. The predicted octanol–water partition coefficient (Wildman–Crippen LogP) is 4.18. The van der Waals surface area contributed by atoms with Crippen LogP contribution in [-0.4, -0.2) is 11.9 Å². The maximum absolute atomic E-state index is 13.2. The molecule has 5 N–H and O–H groups in total. The number of benzene rings is 3. The number of rotatable bonds is 6. The molecule has 0 unspecified atom stereocenters. The molecule has 7 heteroatoms. The van der Waals surface area contributed by atoms with Gasteiger partial charge in [0.15, 0.2) is 0 Å². The van der Waals surface area contributed by atoms with E-state index in [4.69, 9.17) is 5.73 Å². The number of hydrogen-bond donors (Lipinski definition) is 4. The lowest BCUT2D eigenvalue weighted by atomic mass is 10.1. The van der Waals surface area contributed by atoms with Gasteiger partial charge in [-0.1, -0.05) is 30.3 Å². The minimum atomic E-state index is -0.507. The average molecular weight is 378 g/mol. The molecule has 0 aromatic heterocycles. The molecule has 0 saturated heterocycles. The second kappa shape index (κ2) is 8.68. The van der Waals surface area contributed by atoms with Crippen LogP contribution in [0, 0.1) is 5.82 Å². The summed E-state index contributed by atoms with van der Waals surface area (Å²) in [5, 5.41) is 8.44. The molecule has 3 aromatic rings. The monoisotopic (exact) mass is 378 g/mol. The van der Waals surface area contributed by atoms with Crippen LogP contribution >= 0.6 is 0 Å². The van der Waals surface area contributed by atoms with E-state index in [0.717, 1.165) is 5.56 Å². The predicted molar refractivity (Wildman–Crippen MR) is 108 cm³/mol. The molecule has 0 aliphatic rings. The van der Waals surface area contributed by atoms with Crippen molar-refractivity contribution < 1.29 is 14.0 Å². The Kier molecular flexibility index (Phi) is 5.86. The van der Waals surface area contributed by atoms with Gasteiger partial charge < -0.3 is 21.7 Å². The smallest absolute Gasteiger partial charge is 0.323 e. The summed E-state index contributed by atoms with van der Waals surface area (Å²) in [5.74, 6) is -0.936. The van der Waals surface area contributed by atoms with E-state index in [9.17, 15) is 14.0 Å². The number of hydrogen-bond acceptors (Lipinski definition) is 3. The molecule has 28 heavy (non-hydrogen) atoms. The number of halogens is 1. The van der Waals surface area contributed by atoms with Gasteiger partial charge in [0.05, 0.1) is 5.56 Å². The van der Waals surface area contributed by atoms with E-state index in [1.807, 2.05) is 12.1 Å². The highest BCUT2D eigenvalue weighted by Crippen LogP contribution is 2.17. The number of anilines is 3. The number of para-hydroxylation sites is 1. The molecule has 0 atom stereocenters. The van der Waals surface area contributed by atoms with E-state index >= 15 is 0 Å². The van der Waals surface area contributed by atoms with Gasteiger partial charge in [-0.15, -0.1) is 0 Å². The Morgan fingerprint density at radius 2 is 1.54 bits per heavy atom. The third-order valence-corrected chi connectivity index (χ3v) is 3.94. The Balaban J connectivity index is 1.62. The number of nitrogens with one attached hydrogen (secondary N) is 3. The minimum Gasteiger partial charge on any atom is -0.380 e. The number of urea groups is 1. The van der Waals surface area contributed by atoms with Crippen LogP contribution in [0.15, 0.2) is 72.8 Å². The van der Waals surface area contributed by atoms with Crippen LogP contribution in [0.3, 0.4) is 0 Å². The Labute approximate surface area is 161 Å². The first-order valence-electron chi connectivity index (χ1n) is 8.56. The standard InChI is InChI=1S/C21H19FN4O2/c22-15-6-4-8-17(12-15)26-21(28)25-16-7-3-5-14(11-16)13-24-19-10-2-1-9-18(19)20(23)27/h1-12,24H,13H2,(H2,23,27)(H2,25,26,28). The Hall–Kier alpha value is -3.87. The highest BCUT2D eigenvalue weighted by atomic mass is 19.1. The van der Waals surface area contributed by atoms with Gasteiger partial charge in [0, 0.05) is 23.6 Å². The molecule has 6 nitrogen and oxygen atoms in total. The van der Waals surface area contributed by atoms with Crippen molar-refractivity contribution in [3.8, 4) is 0 Å². The van der Waals surface area contributed by atoms with Crippen LogP contribution in [0.1, 0.15) is 15.9 Å². The van der Waals surface area contributed by atoms with Gasteiger partial charge in [-0.3, -0.25) is 4.79 Å². The number of carbonyl (C=O) groups excluding carboxylic acids is 2. The van der Waals surface area contributed by atoms with Crippen LogP contribution in [0.25, 0.3) is 0 Å². The van der Waals surface area contributed by atoms with E-state index in [1.54, 1.807) is 42.5 Å². The average Bonchev–Trinajstić information content (AvgIpc) is 2.66. The molecular weight excluding hydrogens is 359 g/mol. The Bertz CT molecular complexity index is 1010. The van der Waals surface area contributed by atoms with Crippen molar-refractivity contribution >= 4 is 29.0 Å². The summed E-state index contributed by atoms with van der Waals surface area (Å²) in [6.45, 7) is 0.436. The van der Waals surface area contributed by atoms with Gasteiger partial charge in [-0.05, 0) is 48.0 Å². The molecule has 3 rings (SSSR count). The Morgan fingerprint density at radius 1 is 0.857 bits per heavy atom. The normalized spacial score (nSPS) is 10.2. The summed E-state index contributed by atoms with van der Waals surface area (Å²) in [6, 6.07) is 19.4. The van der Waals surface area contributed by atoms with Crippen molar-refractivity contribution in [3.63, 3.8) is 0 Å². The van der Waals surface area contributed by atoms with Crippen molar-refractivity contribution in [2.75, 3.05) is 16.0 Å². The largest absolute Gasteiger partial charge is 0.380 e. The molecule has 142 valence electrons. The molecule has 0 fully saturated rings. The highest BCUT2D eigenvalue weighted by Gasteiger charge is 2.07. The van der Waals surface area contributed by atoms with Crippen molar-refractivity contribution in [2.45, 2.75) is 6.54 Å². The summed E-state index contributed by atoms with van der Waals surface area (Å²) >= 11 is 0. The number of carbonyl (C=O) groups is 2. The van der Waals surface area contributed by atoms with E-state index in [1.165, 1.54) is 18.2 Å². The second-order valence-corrected chi connectivity index (χ2v) is 6.05. The maximum atomic E-state index is 13.2. The summed E-state index contributed by atoms with van der Waals surface area (Å²) < 4.78 is 13.2. The van der Waals surface area contributed by atoms with Crippen LogP contribution in [0.2, 0.25) is 0 Å². The van der Waals surface area contributed by atoms with Crippen molar-refractivity contribution in [1.82, 2.24) is 0 Å².